The lowest BCUT2D eigenvalue weighted by molar-refractivity contribution is -0.136. The SMILES string of the molecule is Cc1ncc(-c2ccc(OCCOc3ccccc3)cc2)c(N2CCC(C)(C)CC2)c1CC(=O)O. The van der Waals surface area contributed by atoms with Crippen LogP contribution in [0.2, 0.25) is 0 Å². The highest BCUT2D eigenvalue weighted by atomic mass is 16.5. The quantitative estimate of drug-likeness (QED) is 0.397. The van der Waals surface area contributed by atoms with E-state index in [1.54, 1.807) is 0 Å². The number of carbonyl (C=O) groups is 1. The number of aryl methyl sites for hydroxylation is 1. The number of hydrogen-bond acceptors (Lipinski definition) is 5. The van der Waals surface area contributed by atoms with Gasteiger partial charge in [-0.15, -0.1) is 0 Å². The maximum atomic E-state index is 11.7. The summed E-state index contributed by atoms with van der Waals surface area (Å²) in [7, 11) is 0. The van der Waals surface area contributed by atoms with Crippen LogP contribution in [0, 0.1) is 12.3 Å². The normalized spacial score (nSPS) is 15.0. The first-order chi connectivity index (χ1) is 16.8. The van der Waals surface area contributed by atoms with Crippen molar-refractivity contribution >= 4 is 11.7 Å². The third-order valence-electron chi connectivity index (χ3n) is 6.66. The highest BCUT2D eigenvalue weighted by Gasteiger charge is 2.29. The molecule has 0 atom stereocenters. The number of pyridine rings is 1. The number of piperidine rings is 1. The molecule has 0 amide bonds. The Bertz CT molecular complexity index is 1130. The van der Waals surface area contributed by atoms with Crippen LogP contribution in [0.25, 0.3) is 11.1 Å². The summed E-state index contributed by atoms with van der Waals surface area (Å²) < 4.78 is 11.5. The summed E-state index contributed by atoms with van der Waals surface area (Å²) in [5.41, 5.74) is 4.83. The molecule has 1 N–H and O–H groups in total. The molecule has 6 nitrogen and oxygen atoms in total. The van der Waals surface area contributed by atoms with E-state index < -0.39 is 5.97 Å². The van der Waals surface area contributed by atoms with Crippen molar-refractivity contribution in [1.29, 1.82) is 0 Å². The first kappa shape index (κ1) is 24.6. The summed E-state index contributed by atoms with van der Waals surface area (Å²) >= 11 is 0. The van der Waals surface area contributed by atoms with Gasteiger partial charge in [-0.3, -0.25) is 9.78 Å². The molecule has 0 saturated carbocycles. The average Bonchev–Trinajstić information content (AvgIpc) is 2.84. The number of ether oxygens (including phenoxy) is 2. The van der Waals surface area contributed by atoms with Gasteiger partial charge >= 0.3 is 5.97 Å². The molecule has 184 valence electrons. The molecule has 35 heavy (non-hydrogen) atoms. The number of aromatic nitrogens is 1. The number of nitrogens with zero attached hydrogens (tertiary/aromatic N) is 2. The minimum absolute atomic E-state index is 0.0372. The van der Waals surface area contributed by atoms with Crippen molar-refractivity contribution in [3.05, 3.63) is 72.1 Å². The fraction of sp³-hybridized carbons (Fsp3) is 0.379. The molecule has 0 unspecified atom stereocenters. The van der Waals surface area contributed by atoms with Crippen molar-refractivity contribution in [1.82, 2.24) is 4.98 Å². The van der Waals surface area contributed by atoms with Gasteiger partial charge in [0.15, 0.2) is 0 Å². The second-order valence-corrected chi connectivity index (χ2v) is 9.84. The van der Waals surface area contributed by atoms with Gasteiger partial charge in [0.1, 0.15) is 24.7 Å². The van der Waals surface area contributed by atoms with Gasteiger partial charge in [0, 0.05) is 36.1 Å². The summed E-state index contributed by atoms with van der Waals surface area (Å²) in [6.45, 7) is 9.19. The van der Waals surface area contributed by atoms with Crippen LogP contribution < -0.4 is 14.4 Å². The third-order valence-corrected chi connectivity index (χ3v) is 6.66. The summed E-state index contributed by atoms with van der Waals surface area (Å²) in [4.78, 5) is 18.6. The Hall–Kier alpha value is -3.54. The molecular weight excluding hydrogens is 440 g/mol. The van der Waals surface area contributed by atoms with Gasteiger partial charge in [-0.25, -0.2) is 0 Å². The van der Waals surface area contributed by atoms with Gasteiger partial charge in [0.05, 0.1) is 12.1 Å². The van der Waals surface area contributed by atoms with Crippen LogP contribution in [0.1, 0.15) is 37.9 Å². The first-order valence-corrected chi connectivity index (χ1v) is 12.2. The van der Waals surface area contributed by atoms with E-state index in [9.17, 15) is 9.90 Å². The van der Waals surface area contributed by atoms with Crippen LogP contribution in [0.15, 0.2) is 60.8 Å². The lowest BCUT2D eigenvalue weighted by Crippen LogP contribution is -2.38. The van der Waals surface area contributed by atoms with Crippen molar-refractivity contribution < 1.29 is 19.4 Å². The van der Waals surface area contributed by atoms with E-state index in [0.29, 0.717) is 18.6 Å². The molecular formula is C29H34N2O4. The minimum Gasteiger partial charge on any atom is -0.490 e. The molecule has 0 bridgehead atoms. The number of rotatable bonds is 9. The Morgan fingerprint density at radius 3 is 2.17 bits per heavy atom. The largest absolute Gasteiger partial charge is 0.490 e. The molecule has 0 aliphatic carbocycles. The van der Waals surface area contributed by atoms with Crippen LogP contribution in [0.3, 0.4) is 0 Å². The van der Waals surface area contributed by atoms with Crippen molar-refractivity contribution in [2.24, 2.45) is 5.41 Å². The lowest BCUT2D eigenvalue weighted by Gasteiger charge is -2.40. The van der Waals surface area contributed by atoms with Crippen molar-refractivity contribution in [3.63, 3.8) is 0 Å². The predicted molar refractivity (Wildman–Crippen MR) is 138 cm³/mol. The molecule has 3 aromatic rings. The zero-order valence-corrected chi connectivity index (χ0v) is 20.8. The van der Waals surface area contributed by atoms with Gasteiger partial charge in [-0.05, 0) is 55.0 Å². The first-order valence-electron chi connectivity index (χ1n) is 12.2. The second-order valence-electron chi connectivity index (χ2n) is 9.84. The maximum absolute atomic E-state index is 11.7. The highest BCUT2D eigenvalue weighted by Crippen LogP contribution is 2.40. The number of aliphatic carboxylic acids is 1. The Balaban J connectivity index is 1.52. The molecule has 2 aromatic carbocycles. The minimum atomic E-state index is -0.841. The number of hydrogen-bond donors (Lipinski definition) is 1. The van der Waals surface area contributed by atoms with Crippen LogP contribution >= 0.6 is 0 Å². The van der Waals surface area contributed by atoms with E-state index in [0.717, 1.165) is 65.5 Å². The smallest absolute Gasteiger partial charge is 0.307 e. The Labute approximate surface area is 207 Å². The molecule has 1 aromatic heterocycles. The lowest BCUT2D eigenvalue weighted by atomic mass is 9.82. The second kappa shape index (κ2) is 10.8. The Kier molecular flexibility index (Phi) is 7.59. The van der Waals surface area contributed by atoms with E-state index in [2.05, 4.69) is 23.7 Å². The van der Waals surface area contributed by atoms with Crippen LogP contribution in [-0.4, -0.2) is 42.4 Å². The third kappa shape index (κ3) is 6.32. The van der Waals surface area contributed by atoms with Crippen molar-refractivity contribution in [2.75, 3.05) is 31.2 Å². The van der Waals surface area contributed by atoms with Gasteiger partial charge in [-0.1, -0.05) is 44.2 Å². The van der Waals surface area contributed by atoms with E-state index >= 15 is 0 Å². The summed E-state index contributed by atoms with van der Waals surface area (Å²) in [6.07, 6.45) is 3.97. The van der Waals surface area contributed by atoms with E-state index in [4.69, 9.17) is 9.47 Å². The molecule has 1 saturated heterocycles. The maximum Gasteiger partial charge on any atom is 0.307 e. The van der Waals surface area contributed by atoms with Crippen molar-refractivity contribution in [2.45, 2.75) is 40.0 Å². The van der Waals surface area contributed by atoms with E-state index in [1.165, 1.54) is 0 Å². The van der Waals surface area contributed by atoms with Crippen LogP contribution in [-0.2, 0) is 11.2 Å². The Morgan fingerprint density at radius 1 is 0.971 bits per heavy atom. The van der Waals surface area contributed by atoms with E-state index in [1.807, 2.05) is 67.7 Å². The van der Waals surface area contributed by atoms with Crippen molar-refractivity contribution in [3.8, 4) is 22.6 Å². The van der Waals surface area contributed by atoms with Crippen LogP contribution in [0.4, 0.5) is 5.69 Å². The summed E-state index contributed by atoms with van der Waals surface area (Å²) in [5, 5.41) is 9.60. The fourth-order valence-electron chi connectivity index (χ4n) is 4.47. The molecule has 1 fully saturated rings. The monoisotopic (exact) mass is 474 g/mol. The topological polar surface area (TPSA) is 71.9 Å². The van der Waals surface area contributed by atoms with Gasteiger partial charge in [0.25, 0.3) is 0 Å². The number of anilines is 1. The molecule has 6 heteroatoms. The summed E-state index contributed by atoms with van der Waals surface area (Å²) in [5.74, 6) is 0.744. The van der Waals surface area contributed by atoms with Crippen LogP contribution in [0.5, 0.6) is 11.5 Å². The molecule has 1 aliphatic rings. The highest BCUT2D eigenvalue weighted by molar-refractivity contribution is 5.84. The molecule has 0 spiro atoms. The number of para-hydroxylation sites is 1. The number of benzene rings is 2. The van der Waals surface area contributed by atoms with Gasteiger partial charge in [-0.2, -0.15) is 0 Å². The predicted octanol–water partition coefficient (Wildman–Crippen LogP) is 5.77. The van der Waals surface area contributed by atoms with Gasteiger partial charge in [0.2, 0.25) is 0 Å². The Morgan fingerprint density at radius 2 is 1.57 bits per heavy atom. The fourth-order valence-corrected chi connectivity index (χ4v) is 4.47. The number of carboxylic acids is 1. The zero-order valence-electron chi connectivity index (χ0n) is 20.8. The molecule has 4 rings (SSSR count). The number of carboxylic acid groups (broad SMARTS) is 1. The molecule has 1 aliphatic heterocycles. The molecule has 0 radical (unpaired) electrons. The standard InChI is InChI=1S/C29H34N2O4/c1-21-25(19-27(32)33)28(31-15-13-29(2,3)14-16-31)26(20-30-21)22-9-11-24(12-10-22)35-18-17-34-23-7-5-4-6-8-23/h4-12,20H,13-19H2,1-3H3,(H,32,33). The average molecular weight is 475 g/mol. The zero-order chi connectivity index (χ0) is 24.8. The van der Waals surface area contributed by atoms with Gasteiger partial charge < -0.3 is 19.5 Å². The molecule has 2 heterocycles. The van der Waals surface area contributed by atoms with E-state index in [-0.39, 0.29) is 6.42 Å². The summed E-state index contributed by atoms with van der Waals surface area (Å²) in [6, 6.07) is 17.6.